The number of nitrogens with zero attached hydrogens (tertiary/aromatic N) is 1. The highest BCUT2D eigenvalue weighted by Gasteiger charge is 2.07. The average molecular weight is 258 g/mol. The summed E-state index contributed by atoms with van der Waals surface area (Å²) in [4.78, 5) is 4.19. The molecule has 0 bridgehead atoms. The van der Waals surface area contributed by atoms with Gasteiger partial charge in [-0.1, -0.05) is 18.2 Å². The smallest absolute Gasteiger partial charge is 0.130 e. The van der Waals surface area contributed by atoms with Gasteiger partial charge in [0, 0.05) is 6.20 Å². The maximum Gasteiger partial charge on any atom is 0.130 e. The molecular weight excluding hydrogens is 240 g/mol. The molecule has 100 valence electrons. The zero-order chi connectivity index (χ0) is 13.5. The van der Waals surface area contributed by atoms with Crippen molar-refractivity contribution in [2.45, 2.75) is 19.1 Å². The van der Waals surface area contributed by atoms with Crippen LogP contribution in [0.15, 0.2) is 48.7 Å². The number of aromatic nitrogens is 1. The van der Waals surface area contributed by atoms with Crippen molar-refractivity contribution in [1.82, 2.24) is 4.98 Å². The van der Waals surface area contributed by atoms with E-state index < -0.39 is 6.10 Å². The summed E-state index contributed by atoms with van der Waals surface area (Å²) in [5.41, 5.74) is 7.13. The molecule has 0 aliphatic carbocycles. The van der Waals surface area contributed by atoms with Crippen LogP contribution in [0.1, 0.15) is 23.8 Å². The van der Waals surface area contributed by atoms with Gasteiger partial charge >= 0.3 is 0 Å². The third kappa shape index (κ3) is 4.05. The van der Waals surface area contributed by atoms with E-state index in [0.717, 1.165) is 17.0 Å². The lowest BCUT2D eigenvalue weighted by atomic mass is 10.1. The molecule has 0 aliphatic rings. The standard InChI is InChI=1S/C15H18N2O2/c16-8-7-15(18)12-4-3-6-14(10-12)19-11-13-5-1-2-9-17-13/h1-6,9-10,15,18H,7-8,11,16H2/t15-/m1/s1. The van der Waals surface area contributed by atoms with Crippen LogP contribution < -0.4 is 10.5 Å². The Morgan fingerprint density at radius 1 is 1.21 bits per heavy atom. The van der Waals surface area contributed by atoms with Crippen molar-refractivity contribution in [1.29, 1.82) is 0 Å². The summed E-state index contributed by atoms with van der Waals surface area (Å²) in [5, 5.41) is 9.88. The second-order valence-corrected chi connectivity index (χ2v) is 4.28. The minimum Gasteiger partial charge on any atom is -0.487 e. The van der Waals surface area contributed by atoms with Crippen LogP contribution >= 0.6 is 0 Å². The molecule has 1 aromatic heterocycles. The fourth-order valence-electron chi connectivity index (χ4n) is 1.78. The Morgan fingerprint density at radius 2 is 2.11 bits per heavy atom. The molecule has 3 N–H and O–H groups in total. The summed E-state index contributed by atoms with van der Waals surface area (Å²) < 4.78 is 5.66. The number of hydrogen-bond donors (Lipinski definition) is 2. The Hall–Kier alpha value is -1.91. The maximum atomic E-state index is 9.88. The van der Waals surface area contributed by atoms with Crippen LogP contribution in [0.4, 0.5) is 0 Å². The van der Waals surface area contributed by atoms with Gasteiger partial charge in [0.25, 0.3) is 0 Å². The molecule has 0 amide bonds. The number of rotatable bonds is 6. The zero-order valence-corrected chi connectivity index (χ0v) is 10.7. The number of hydrogen-bond acceptors (Lipinski definition) is 4. The molecule has 0 fully saturated rings. The molecule has 19 heavy (non-hydrogen) atoms. The number of benzene rings is 1. The molecule has 0 spiro atoms. The van der Waals surface area contributed by atoms with Crippen molar-refractivity contribution < 1.29 is 9.84 Å². The Bertz CT molecular complexity index is 503. The molecule has 4 heteroatoms. The van der Waals surface area contributed by atoms with Crippen molar-refractivity contribution >= 4 is 0 Å². The van der Waals surface area contributed by atoms with Crippen LogP contribution in [0, 0.1) is 0 Å². The number of nitrogens with two attached hydrogens (primary N) is 1. The van der Waals surface area contributed by atoms with Gasteiger partial charge in [0.2, 0.25) is 0 Å². The zero-order valence-electron chi connectivity index (χ0n) is 10.7. The van der Waals surface area contributed by atoms with Crippen LogP contribution in [0.3, 0.4) is 0 Å². The van der Waals surface area contributed by atoms with Gasteiger partial charge in [-0.25, -0.2) is 0 Å². The summed E-state index contributed by atoms with van der Waals surface area (Å²) in [5.74, 6) is 0.722. The predicted octanol–water partition coefficient (Wildman–Crippen LogP) is 2.04. The van der Waals surface area contributed by atoms with Gasteiger partial charge < -0.3 is 15.6 Å². The highest BCUT2D eigenvalue weighted by Crippen LogP contribution is 2.21. The van der Waals surface area contributed by atoms with Crippen molar-refractivity contribution in [3.05, 3.63) is 59.9 Å². The Kier molecular flexibility index (Phi) is 4.89. The summed E-state index contributed by atoms with van der Waals surface area (Å²) in [6.07, 6.45) is 1.74. The lowest BCUT2D eigenvalue weighted by molar-refractivity contribution is 0.169. The molecule has 0 unspecified atom stereocenters. The first kappa shape index (κ1) is 13.5. The van der Waals surface area contributed by atoms with E-state index in [1.165, 1.54) is 0 Å². The summed E-state index contributed by atoms with van der Waals surface area (Å²) in [7, 11) is 0. The van der Waals surface area contributed by atoms with E-state index in [0.29, 0.717) is 19.6 Å². The van der Waals surface area contributed by atoms with Gasteiger partial charge in [-0.15, -0.1) is 0 Å². The van der Waals surface area contributed by atoms with E-state index in [9.17, 15) is 5.11 Å². The molecule has 1 atom stereocenters. The summed E-state index contributed by atoms with van der Waals surface area (Å²) >= 11 is 0. The number of aliphatic hydroxyl groups excluding tert-OH is 1. The topological polar surface area (TPSA) is 68.4 Å². The summed E-state index contributed by atoms with van der Waals surface area (Å²) in [6, 6.07) is 13.1. The second-order valence-electron chi connectivity index (χ2n) is 4.28. The predicted molar refractivity (Wildman–Crippen MR) is 73.6 cm³/mol. The first-order chi connectivity index (χ1) is 9.29. The van der Waals surface area contributed by atoms with Crippen LogP contribution in [-0.4, -0.2) is 16.6 Å². The van der Waals surface area contributed by atoms with Crippen LogP contribution in [0.25, 0.3) is 0 Å². The molecule has 1 aromatic carbocycles. The first-order valence-corrected chi connectivity index (χ1v) is 6.30. The third-order valence-corrected chi connectivity index (χ3v) is 2.80. The normalized spacial score (nSPS) is 12.1. The maximum absolute atomic E-state index is 9.88. The number of ether oxygens (including phenoxy) is 1. The van der Waals surface area contributed by atoms with E-state index in [-0.39, 0.29) is 0 Å². The van der Waals surface area contributed by atoms with Gasteiger partial charge in [0.05, 0.1) is 11.8 Å². The van der Waals surface area contributed by atoms with Gasteiger partial charge in [-0.3, -0.25) is 4.98 Å². The lowest BCUT2D eigenvalue weighted by Gasteiger charge is -2.12. The SMILES string of the molecule is NCC[C@@H](O)c1cccc(OCc2ccccn2)c1. The quantitative estimate of drug-likeness (QED) is 0.832. The van der Waals surface area contributed by atoms with Crippen molar-refractivity contribution in [3.63, 3.8) is 0 Å². The average Bonchev–Trinajstić information content (AvgIpc) is 2.47. The minimum atomic E-state index is -0.539. The van der Waals surface area contributed by atoms with Crippen molar-refractivity contribution in [3.8, 4) is 5.75 Å². The highest BCUT2D eigenvalue weighted by molar-refractivity contribution is 5.30. The molecule has 0 aliphatic heterocycles. The van der Waals surface area contributed by atoms with Gasteiger partial charge in [0.1, 0.15) is 12.4 Å². The number of pyridine rings is 1. The second kappa shape index (κ2) is 6.87. The summed E-state index contributed by atoms with van der Waals surface area (Å²) in [6.45, 7) is 0.872. The fraction of sp³-hybridized carbons (Fsp3) is 0.267. The van der Waals surface area contributed by atoms with Crippen LogP contribution in [0.2, 0.25) is 0 Å². The molecule has 4 nitrogen and oxygen atoms in total. The van der Waals surface area contributed by atoms with E-state index in [1.54, 1.807) is 6.20 Å². The molecule has 1 heterocycles. The largest absolute Gasteiger partial charge is 0.487 e. The number of aliphatic hydroxyl groups is 1. The monoisotopic (exact) mass is 258 g/mol. The molecule has 2 rings (SSSR count). The van der Waals surface area contributed by atoms with Gasteiger partial charge in [-0.05, 0) is 42.8 Å². The Morgan fingerprint density at radius 3 is 2.84 bits per heavy atom. The lowest BCUT2D eigenvalue weighted by Crippen LogP contribution is -2.07. The Labute approximate surface area is 112 Å². The van der Waals surface area contributed by atoms with Crippen molar-refractivity contribution in [2.75, 3.05) is 6.54 Å². The van der Waals surface area contributed by atoms with E-state index in [2.05, 4.69) is 4.98 Å². The molecule has 2 aromatic rings. The Balaban J connectivity index is 1.99. The fourth-order valence-corrected chi connectivity index (χ4v) is 1.78. The molecule has 0 saturated carbocycles. The molecule has 0 saturated heterocycles. The minimum absolute atomic E-state index is 0.414. The van der Waals surface area contributed by atoms with Crippen molar-refractivity contribution in [2.24, 2.45) is 5.73 Å². The highest BCUT2D eigenvalue weighted by atomic mass is 16.5. The van der Waals surface area contributed by atoms with Crippen LogP contribution in [-0.2, 0) is 6.61 Å². The van der Waals surface area contributed by atoms with Gasteiger partial charge in [-0.2, -0.15) is 0 Å². The van der Waals surface area contributed by atoms with E-state index in [4.69, 9.17) is 10.5 Å². The molecular formula is C15H18N2O2. The first-order valence-electron chi connectivity index (χ1n) is 6.30. The third-order valence-electron chi connectivity index (χ3n) is 2.80. The van der Waals surface area contributed by atoms with E-state index >= 15 is 0 Å². The molecule has 0 radical (unpaired) electrons. The van der Waals surface area contributed by atoms with E-state index in [1.807, 2.05) is 42.5 Å². The van der Waals surface area contributed by atoms with Crippen LogP contribution in [0.5, 0.6) is 5.75 Å². The van der Waals surface area contributed by atoms with Gasteiger partial charge in [0.15, 0.2) is 0 Å².